The van der Waals surface area contributed by atoms with Crippen LogP contribution in [-0.4, -0.2) is 40.4 Å². The van der Waals surface area contributed by atoms with Gasteiger partial charge in [-0.2, -0.15) is 0 Å². The van der Waals surface area contributed by atoms with Gasteiger partial charge in [-0.05, 0) is 54.4 Å². The van der Waals surface area contributed by atoms with Crippen LogP contribution in [0.15, 0.2) is 0 Å². The van der Waals surface area contributed by atoms with E-state index in [2.05, 4.69) is 5.32 Å². The number of aliphatic carboxylic acids is 1. The van der Waals surface area contributed by atoms with Crippen molar-refractivity contribution in [3.63, 3.8) is 0 Å². The van der Waals surface area contributed by atoms with Crippen LogP contribution in [0.25, 0.3) is 0 Å². The number of nitrogens with one attached hydrogen (secondary N) is 1. The Kier molecular flexibility index (Phi) is 7.35. The fourth-order valence-electron chi connectivity index (χ4n) is 1.53. The summed E-state index contributed by atoms with van der Waals surface area (Å²) < 4.78 is 10.3. The highest BCUT2D eigenvalue weighted by Gasteiger charge is 2.28. The highest BCUT2D eigenvalue weighted by atomic mass is 16.6. The van der Waals surface area contributed by atoms with E-state index in [1.807, 2.05) is 0 Å². The second kappa shape index (κ2) is 8.00. The van der Waals surface area contributed by atoms with Gasteiger partial charge in [-0.15, -0.1) is 0 Å². The molecule has 0 aromatic rings. The van der Waals surface area contributed by atoms with Crippen LogP contribution in [0, 0.1) is 0 Å². The molecule has 7 heteroatoms. The number of carbonyl (C=O) groups is 3. The number of amides is 1. The Morgan fingerprint density at radius 3 is 1.91 bits per heavy atom. The summed E-state index contributed by atoms with van der Waals surface area (Å²) in [7, 11) is 0. The lowest BCUT2D eigenvalue weighted by molar-refractivity contribution is -0.158. The highest BCUT2D eigenvalue weighted by Crippen LogP contribution is 2.13. The van der Waals surface area contributed by atoms with Gasteiger partial charge in [0.2, 0.25) is 0 Å². The summed E-state index contributed by atoms with van der Waals surface area (Å²) >= 11 is 0. The molecule has 1 amide bonds. The van der Waals surface area contributed by atoms with Gasteiger partial charge in [0.15, 0.2) is 0 Å². The van der Waals surface area contributed by atoms with Gasteiger partial charge in [0, 0.05) is 6.42 Å². The van der Waals surface area contributed by atoms with Crippen molar-refractivity contribution in [3.05, 3.63) is 0 Å². The average molecular weight is 317 g/mol. The van der Waals surface area contributed by atoms with Crippen molar-refractivity contribution in [1.29, 1.82) is 0 Å². The maximum atomic E-state index is 12.1. The van der Waals surface area contributed by atoms with E-state index in [-0.39, 0.29) is 19.3 Å². The standard InChI is InChI=1S/C15H27NO6/c1-14(2,3)21-12(19)10(8-7-9-11(17)18)16-13(20)22-15(4,5)6/h10H,7-9H2,1-6H3,(H,16,20)(H,17,18). The Morgan fingerprint density at radius 1 is 1.00 bits per heavy atom. The maximum Gasteiger partial charge on any atom is 0.408 e. The molecule has 0 aliphatic carbocycles. The summed E-state index contributed by atoms with van der Waals surface area (Å²) in [6.07, 6.45) is -0.413. The van der Waals surface area contributed by atoms with Crippen molar-refractivity contribution in [3.8, 4) is 0 Å². The predicted octanol–water partition coefficient (Wildman–Crippen LogP) is 2.48. The fraction of sp³-hybridized carbons (Fsp3) is 0.800. The third-order valence-corrected chi connectivity index (χ3v) is 2.27. The Bertz CT molecular complexity index is 405. The van der Waals surface area contributed by atoms with Gasteiger partial charge in [-0.1, -0.05) is 0 Å². The first-order valence-electron chi connectivity index (χ1n) is 7.24. The Hall–Kier alpha value is -1.79. The molecule has 7 nitrogen and oxygen atoms in total. The van der Waals surface area contributed by atoms with Crippen LogP contribution in [0.5, 0.6) is 0 Å². The number of alkyl carbamates (subject to hydrolysis) is 1. The minimum Gasteiger partial charge on any atom is -0.481 e. The number of hydrogen-bond acceptors (Lipinski definition) is 5. The van der Waals surface area contributed by atoms with Gasteiger partial charge >= 0.3 is 18.0 Å². The first-order valence-corrected chi connectivity index (χ1v) is 7.24. The Labute approximate surface area is 131 Å². The number of carboxylic acids is 1. The van der Waals surface area contributed by atoms with Gasteiger partial charge in [0.1, 0.15) is 17.2 Å². The van der Waals surface area contributed by atoms with E-state index in [9.17, 15) is 14.4 Å². The number of ether oxygens (including phenoxy) is 2. The number of carboxylic acid groups (broad SMARTS) is 1. The van der Waals surface area contributed by atoms with Crippen molar-refractivity contribution < 1.29 is 29.0 Å². The van der Waals surface area contributed by atoms with Gasteiger partial charge in [0.05, 0.1) is 0 Å². The topological polar surface area (TPSA) is 102 Å². The molecule has 0 saturated carbocycles. The lowest BCUT2D eigenvalue weighted by Crippen LogP contribution is -2.46. The molecule has 0 bridgehead atoms. The molecular formula is C15H27NO6. The molecule has 0 saturated heterocycles. The van der Waals surface area contributed by atoms with Gasteiger partial charge in [-0.25, -0.2) is 9.59 Å². The van der Waals surface area contributed by atoms with Crippen molar-refractivity contribution in [2.45, 2.75) is 78.0 Å². The first kappa shape index (κ1) is 20.2. The van der Waals surface area contributed by atoms with E-state index in [0.29, 0.717) is 0 Å². The molecule has 2 N–H and O–H groups in total. The third kappa shape index (κ3) is 10.9. The van der Waals surface area contributed by atoms with Crippen LogP contribution in [0.1, 0.15) is 60.8 Å². The van der Waals surface area contributed by atoms with Crippen LogP contribution in [0.4, 0.5) is 4.79 Å². The number of rotatable bonds is 6. The van der Waals surface area contributed by atoms with Crippen LogP contribution in [0.3, 0.4) is 0 Å². The summed E-state index contributed by atoms with van der Waals surface area (Å²) in [6, 6.07) is -0.937. The van der Waals surface area contributed by atoms with E-state index in [0.717, 1.165) is 0 Å². The van der Waals surface area contributed by atoms with E-state index < -0.39 is 35.3 Å². The lowest BCUT2D eigenvalue weighted by atomic mass is 10.1. The molecular weight excluding hydrogens is 290 g/mol. The van der Waals surface area contributed by atoms with Crippen molar-refractivity contribution in [1.82, 2.24) is 5.32 Å². The fourth-order valence-corrected chi connectivity index (χ4v) is 1.53. The summed E-state index contributed by atoms with van der Waals surface area (Å²) in [6.45, 7) is 10.3. The minimum absolute atomic E-state index is 0.0880. The zero-order chi connectivity index (χ0) is 17.6. The van der Waals surface area contributed by atoms with Gasteiger partial charge in [-0.3, -0.25) is 4.79 Å². The Morgan fingerprint density at radius 2 is 1.50 bits per heavy atom. The zero-order valence-electron chi connectivity index (χ0n) is 14.2. The quantitative estimate of drug-likeness (QED) is 0.730. The Balaban J connectivity index is 4.74. The van der Waals surface area contributed by atoms with E-state index >= 15 is 0 Å². The summed E-state index contributed by atoms with van der Waals surface area (Å²) in [5, 5.41) is 11.1. The number of carbonyl (C=O) groups excluding carboxylic acids is 2. The van der Waals surface area contributed by atoms with Gasteiger partial charge < -0.3 is 19.9 Å². The second-order valence-electron chi connectivity index (χ2n) is 7.02. The monoisotopic (exact) mass is 317 g/mol. The highest BCUT2D eigenvalue weighted by molar-refractivity contribution is 5.81. The lowest BCUT2D eigenvalue weighted by Gasteiger charge is -2.26. The van der Waals surface area contributed by atoms with Crippen molar-refractivity contribution in [2.75, 3.05) is 0 Å². The molecule has 0 aromatic heterocycles. The molecule has 0 radical (unpaired) electrons. The summed E-state index contributed by atoms with van der Waals surface area (Å²) in [4.78, 5) is 34.4. The summed E-state index contributed by atoms with van der Waals surface area (Å²) in [5.74, 6) is -1.57. The number of esters is 1. The molecule has 0 aliphatic heterocycles. The maximum absolute atomic E-state index is 12.1. The zero-order valence-corrected chi connectivity index (χ0v) is 14.2. The van der Waals surface area contributed by atoms with Crippen LogP contribution in [0.2, 0.25) is 0 Å². The minimum atomic E-state index is -0.958. The SMILES string of the molecule is CC(C)(C)OC(=O)NC(CCCC(=O)O)C(=O)OC(C)(C)C. The van der Waals surface area contributed by atoms with Crippen molar-refractivity contribution in [2.24, 2.45) is 0 Å². The molecule has 0 rings (SSSR count). The molecule has 1 atom stereocenters. The van der Waals surface area contributed by atoms with E-state index in [1.165, 1.54) is 0 Å². The predicted molar refractivity (Wildman–Crippen MR) is 80.5 cm³/mol. The largest absolute Gasteiger partial charge is 0.481 e. The number of hydrogen-bond donors (Lipinski definition) is 2. The molecule has 1 unspecified atom stereocenters. The van der Waals surface area contributed by atoms with Crippen LogP contribution < -0.4 is 5.32 Å². The molecule has 0 aromatic carbocycles. The molecule has 0 fully saturated rings. The van der Waals surface area contributed by atoms with Gasteiger partial charge in [0.25, 0.3) is 0 Å². The summed E-state index contributed by atoms with van der Waals surface area (Å²) in [5.41, 5.74) is -1.39. The van der Waals surface area contributed by atoms with Crippen molar-refractivity contribution >= 4 is 18.0 Å². The molecule has 0 heterocycles. The average Bonchev–Trinajstić information content (AvgIpc) is 2.21. The third-order valence-electron chi connectivity index (χ3n) is 2.27. The van der Waals surface area contributed by atoms with Crippen LogP contribution >= 0.6 is 0 Å². The smallest absolute Gasteiger partial charge is 0.408 e. The van der Waals surface area contributed by atoms with E-state index in [4.69, 9.17) is 14.6 Å². The normalized spacial score (nSPS) is 13.2. The first-order chi connectivity index (χ1) is 9.80. The molecule has 22 heavy (non-hydrogen) atoms. The molecule has 0 aliphatic rings. The molecule has 0 spiro atoms. The second-order valence-corrected chi connectivity index (χ2v) is 7.02. The molecule has 128 valence electrons. The van der Waals surface area contributed by atoms with Crippen LogP contribution in [-0.2, 0) is 19.1 Å². The van der Waals surface area contributed by atoms with E-state index in [1.54, 1.807) is 41.5 Å².